The number of aromatic nitrogens is 3. The Labute approximate surface area is 127 Å². The van der Waals surface area contributed by atoms with Crippen LogP contribution in [-0.4, -0.2) is 32.2 Å². The molecule has 0 saturated heterocycles. The van der Waals surface area contributed by atoms with Gasteiger partial charge in [-0.05, 0) is 25.1 Å². The lowest BCUT2D eigenvalue weighted by molar-refractivity contribution is -0.153. The van der Waals surface area contributed by atoms with Crippen LogP contribution >= 0.6 is 0 Å². The first-order valence-electron chi connectivity index (χ1n) is 6.95. The number of hydrogen-bond donors (Lipinski definition) is 1. The fourth-order valence-corrected chi connectivity index (χ4v) is 2.35. The Bertz CT molecular complexity index is 799. The van der Waals surface area contributed by atoms with Gasteiger partial charge in [-0.3, -0.25) is 4.57 Å². The zero-order chi connectivity index (χ0) is 15.5. The van der Waals surface area contributed by atoms with Crippen molar-refractivity contribution in [1.82, 2.24) is 14.5 Å². The number of carbonyl (C=O) groups excluding carboxylic acids is 1. The van der Waals surface area contributed by atoms with Crippen LogP contribution in [-0.2, 0) is 9.53 Å². The number of benzene rings is 1. The number of rotatable bonds is 4. The Hall–Kier alpha value is -2.73. The molecule has 1 unspecified atom stereocenters. The summed E-state index contributed by atoms with van der Waals surface area (Å²) < 4.78 is 6.57. The Kier molecular flexibility index (Phi) is 3.84. The number of fused-ring (bicyclic) bond motifs is 1. The Morgan fingerprint density at radius 2 is 2.00 bits per heavy atom. The predicted molar refractivity (Wildman–Crippen MR) is 80.5 cm³/mol. The third-order valence-corrected chi connectivity index (χ3v) is 3.28. The normalized spacial score (nSPS) is 12.3. The maximum atomic E-state index is 11.9. The van der Waals surface area contributed by atoms with Gasteiger partial charge in [-0.25, -0.2) is 14.8 Å². The summed E-state index contributed by atoms with van der Waals surface area (Å²) in [5, 5.41) is 11.2. The molecule has 0 bridgehead atoms. The van der Waals surface area contributed by atoms with E-state index in [-0.39, 0.29) is 6.61 Å². The summed E-state index contributed by atoms with van der Waals surface area (Å²) >= 11 is 0. The molecule has 6 nitrogen and oxygen atoms in total. The number of aliphatic hydroxyl groups excluding tert-OH is 1. The quantitative estimate of drug-likeness (QED) is 0.745. The maximum Gasteiger partial charge on any atom is 0.341 e. The molecule has 0 aliphatic rings. The van der Waals surface area contributed by atoms with E-state index in [2.05, 4.69) is 9.97 Å². The van der Waals surface area contributed by atoms with E-state index in [1.54, 1.807) is 36.0 Å². The topological polar surface area (TPSA) is 77.2 Å². The van der Waals surface area contributed by atoms with Crippen molar-refractivity contribution in [3.63, 3.8) is 0 Å². The van der Waals surface area contributed by atoms with E-state index >= 15 is 0 Å². The van der Waals surface area contributed by atoms with E-state index in [0.29, 0.717) is 11.6 Å². The van der Waals surface area contributed by atoms with Gasteiger partial charge in [0.25, 0.3) is 0 Å². The van der Waals surface area contributed by atoms with Crippen molar-refractivity contribution in [3.8, 4) is 5.95 Å². The lowest BCUT2D eigenvalue weighted by atomic mass is 10.2. The molecule has 22 heavy (non-hydrogen) atoms. The van der Waals surface area contributed by atoms with Crippen LogP contribution in [0.5, 0.6) is 0 Å². The number of ether oxygens (including phenoxy) is 1. The monoisotopic (exact) mass is 297 g/mol. The zero-order valence-corrected chi connectivity index (χ0v) is 12.0. The van der Waals surface area contributed by atoms with Crippen molar-refractivity contribution in [2.24, 2.45) is 0 Å². The molecule has 0 fully saturated rings. The van der Waals surface area contributed by atoms with Crippen molar-refractivity contribution in [2.45, 2.75) is 13.0 Å². The van der Waals surface area contributed by atoms with Gasteiger partial charge in [-0.2, -0.15) is 0 Å². The molecule has 0 amide bonds. The van der Waals surface area contributed by atoms with E-state index in [4.69, 9.17) is 4.74 Å². The molecular formula is C16H15N3O3. The summed E-state index contributed by atoms with van der Waals surface area (Å²) in [5.74, 6) is -0.301. The second-order valence-corrected chi connectivity index (χ2v) is 4.67. The van der Waals surface area contributed by atoms with Gasteiger partial charge in [0.2, 0.25) is 5.95 Å². The molecule has 112 valence electrons. The van der Waals surface area contributed by atoms with Gasteiger partial charge in [0.1, 0.15) is 0 Å². The second-order valence-electron chi connectivity index (χ2n) is 4.67. The van der Waals surface area contributed by atoms with Crippen molar-refractivity contribution in [1.29, 1.82) is 0 Å². The fourth-order valence-electron chi connectivity index (χ4n) is 2.35. The highest BCUT2D eigenvalue weighted by atomic mass is 16.5. The summed E-state index contributed by atoms with van der Waals surface area (Å²) in [6.45, 7) is 1.90. The number of hydrogen-bond acceptors (Lipinski definition) is 5. The van der Waals surface area contributed by atoms with Crippen LogP contribution in [0.3, 0.4) is 0 Å². The molecule has 0 aliphatic carbocycles. The molecule has 1 aromatic carbocycles. The summed E-state index contributed by atoms with van der Waals surface area (Å²) in [7, 11) is 0. The van der Waals surface area contributed by atoms with Gasteiger partial charge < -0.3 is 9.84 Å². The number of nitrogens with zero attached hydrogens (tertiary/aromatic N) is 3. The summed E-state index contributed by atoms with van der Waals surface area (Å²) in [4.78, 5) is 20.3. The minimum absolute atomic E-state index is 0.206. The fraction of sp³-hybridized carbons (Fsp3) is 0.188. The molecule has 1 N–H and O–H groups in total. The molecule has 2 aromatic heterocycles. The smallest absolute Gasteiger partial charge is 0.341 e. The number of para-hydroxylation sites is 1. The maximum absolute atomic E-state index is 11.9. The first-order valence-corrected chi connectivity index (χ1v) is 6.95. The van der Waals surface area contributed by atoms with Gasteiger partial charge in [0, 0.05) is 17.8 Å². The summed E-state index contributed by atoms with van der Waals surface area (Å²) in [6.07, 6.45) is 1.83. The van der Waals surface area contributed by atoms with Crippen LogP contribution in [0, 0.1) is 0 Å². The van der Waals surface area contributed by atoms with E-state index in [0.717, 1.165) is 10.9 Å². The van der Waals surface area contributed by atoms with Gasteiger partial charge in [0.15, 0.2) is 6.10 Å². The van der Waals surface area contributed by atoms with Gasteiger partial charge in [-0.1, -0.05) is 18.2 Å². The van der Waals surface area contributed by atoms with Gasteiger partial charge in [0.05, 0.1) is 17.8 Å². The van der Waals surface area contributed by atoms with E-state index < -0.39 is 12.1 Å². The van der Waals surface area contributed by atoms with Crippen LogP contribution in [0.25, 0.3) is 16.9 Å². The lowest BCUT2D eigenvalue weighted by Crippen LogP contribution is -2.19. The molecule has 2 heterocycles. The highest BCUT2D eigenvalue weighted by molar-refractivity contribution is 5.85. The van der Waals surface area contributed by atoms with Crippen LogP contribution in [0.2, 0.25) is 0 Å². The average molecular weight is 297 g/mol. The molecule has 0 radical (unpaired) electrons. The Balaban J connectivity index is 2.19. The minimum Gasteiger partial charge on any atom is -0.464 e. The van der Waals surface area contributed by atoms with Crippen molar-refractivity contribution in [2.75, 3.05) is 6.61 Å². The molecule has 0 saturated carbocycles. The van der Waals surface area contributed by atoms with Crippen LogP contribution < -0.4 is 0 Å². The number of esters is 1. The van der Waals surface area contributed by atoms with Gasteiger partial charge >= 0.3 is 5.97 Å². The molecule has 0 spiro atoms. The Morgan fingerprint density at radius 3 is 2.73 bits per heavy atom. The summed E-state index contributed by atoms with van der Waals surface area (Å²) in [6, 6.07) is 11.0. The predicted octanol–water partition coefficient (Wildman–Crippen LogP) is 2.02. The van der Waals surface area contributed by atoms with Crippen LogP contribution in [0.1, 0.15) is 18.7 Å². The molecule has 0 aliphatic heterocycles. The van der Waals surface area contributed by atoms with E-state index in [1.807, 2.05) is 24.3 Å². The number of aliphatic hydroxyl groups is 1. The van der Waals surface area contributed by atoms with Gasteiger partial charge in [-0.15, -0.1) is 0 Å². The van der Waals surface area contributed by atoms with Crippen LogP contribution in [0.15, 0.2) is 48.8 Å². The van der Waals surface area contributed by atoms with E-state index in [9.17, 15) is 9.90 Å². The van der Waals surface area contributed by atoms with Crippen molar-refractivity contribution >= 4 is 16.9 Å². The molecule has 3 aromatic rings. The van der Waals surface area contributed by atoms with Crippen LogP contribution in [0.4, 0.5) is 0 Å². The molecular weight excluding hydrogens is 282 g/mol. The standard InChI is InChI=1S/C16H15N3O3/c1-2-22-15(21)14(20)13-10-11-6-3-4-7-12(11)19(13)16-17-8-5-9-18-16/h3-10,14,20H,2H2,1H3. The first kappa shape index (κ1) is 14.2. The highest BCUT2D eigenvalue weighted by Crippen LogP contribution is 2.27. The SMILES string of the molecule is CCOC(=O)C(O)c1cc2ccccc2n1-c1ncccn1. The second kappa shape index (κ2) is 5.95. The average Bonchev–Trinajstić information content (AvgIpc) is 2.94. The molecule has 3 rings (SSSR count). The third kappa shape index (κ3) is 2.44. The minimum atomic E-state index is -1.39. The number of carbonyl (C=O) groups is 1. The molecule has 1 atom stereocenters. The Morgan fingerprint density at radius 1 is 1.27 bits per heavy atom. The van der Waals surface area contributed by atoms with Crippen molar-refractivity contribution < 1.29 is 14.6 Å². The first-order chi connectivity index (χ1) is 10.7. The summed E-state index contributed by atoms with van der Waals surface area (Å²) in [5.41, 5.74) is 1.19. The van der Waals surface area contributed by atoms with E-state index in [1.165, 1.54) is 0 Å². The van der Waals surface area contributed by atoms with Crippen molar-refractivity contribution in [3.05, 3.63) is 54.5 Å². The highest BCUT2D eigenvalue weighted by Gasteiger charge is 2.25. The largest absolute Gasteiger partial charge is 0.464 e. The lowest BCUT2D eigenvalue weighted by Gasteiger charge is -2.13. The third-order valence-electron chi connectivity index (χ3n) is 3.28. The zero-order valence-electron chi connectivity index (χ0n) is 12.0. The molecule has 6 heteroatoms.